The van der Waals surface area contributed by atoms with Gasteiger partial charge in [0.2, 0.25) is 0 Å². The Kier molecular flexibility index (Phi) is 6.99. The summed E-state index contributed by atoms with van der Waals surface area (Å²) in [7, 11) is 0. The first kappa shape index (κ1) is 26.3. The van der Waals surface area contributed by atoms with Gasteiger partial charge in [0.1, 0.15) is 12.6 Å². The van der Waals surface area contributed by atoms with Gasteiger partial charge in [-0.05, 0) is 46.0 Å². The zero-order valence-corrected chi connectivity index (χ0v) is 22.3. The SMILES string of the molecule is O=C(NC(Cc1ccccc1Cl)C(=O)ON1C(=O)c2ccccc2C1=O)OCC1c2ccccc2-c2ccccc21. The van der Waals surface area contributed by atoms with Crippen molar-refractivity contribution < 1.29 is 28.8 Å². The monoisotopic (exact) mass is 566 g/mol. The first-order chi connectivity index (χ1) is 19.9. The second-order valence-electron chi connectivity index (χ2n) is 9.68. The third-order valence-corrected chi connectivity index (χ3v) is 7.61. The van der Waals surface area contributed by atoms with Crippen molar-refractivity contribution >= 4 is 35.5 Å². The van der Waals surface area contributed by atoms with Crippen molar-refractivity contribution in [1.29, 1.82) is 0 Å². The van der Waals surface area contributed by atoms with Crippen LogP contribution in [0.2, 0.25) is 5.02 Å². The molecule has 1 heterocycles. The van der Waals surface area contributed by atoms with Gasteiger partial charge in [-0.15, -0.1) is 0 Å². The molecule has 1 unspecified atom stereocenters. The van der Waals surface area contributed by atoms with E-state index in [0.29, 0.717) is 15.6 Å². The number of rotatable bonds is 7. The lowest BCUT2D eigenvalue weighted by molar-refractivity contribution is -0.171. The van der Waals surface area contributed by atoms with Crippen molar-refractivity contribution in [2.24, 2.45) is 0 Å². The summed E-state index contributed by atoms with van der Waals surface area (Å²) in [5.74, 6) is -2.73. The molecule has 204 valence electrons. The summed E-state index contributed by atoms with van der Waals surface area (Å²) in [6.07, 6.45) is -0.922. The first-order valence-electron chi connectivity index (χ1n) is 13.0. The number of hydrogen-bond donors (Lipinski definition) is 1. The average molecular weight is 567 g/mol. The Balaban J connectivity index is 1.19. The van der Waals surface area contributed by atoms with E-state index in [1.807, 2.05) is 48.5 Å². The molecule has 8 nitrogen and oxygen atoms in total. The van der Waals surface area contributed by atoms with Crippen LogP contribution >= 0.6 is 11.6 Å². The number of nitrogens with one attached hydrogen (secondary N) is 1. The number of nitrogens with zero attached hydrogens (tertiary/aromatic N) is 1. The summed E-state index contributed by atoms with van der Waals surface area (Å²) in [5.41, 5.74) is 5.04. The predicted octanol–water partition coefficient (Wildman–Crippen LogP) is 5.54. The van der Waals surface area contributed by atoms with Gasteiger partial charge in [0.25, 0.3) is 11.8 Å². The summed E-state index contributed by atoms with van der Waals surface area (Å²) in [4.78, 5) is 57.1. The Bertz CT molecular complexity index is 1620. The molecule has 0 spiro atoms. The molecule has 2 aliphatic rings. The van der Waals surface area contributed by atoms with Gasteiger partial charge in [-0.2, -0.15) is 0 Å². The number of ether oxygens (including phenoxy) is 1. The highest BCUT2D eigenvalue weighted by Crippen LogP contribution is 2.44. The molecular formula is C32H23ClN2O6. The number of fused-ring (bicyclic) bond motifs is 4. The van der Waals surface area contributed by atoms with Crippen molar-refractivity contribution in [1.82, 2.24) is 10.4 Å². The quantitative estimate of drug-likeness (QED) is 0.295. The maximum Gasteiger partial charge on any atom is 0.407 e. The van der Waals surface area contributed by atoms with Crippen molar-refractivity contribution in [3.63, 3.8) is 0 Å². The van der Waals surface area contributed by atoms with Crippen LogP contribution in [-0.4, -0.2) is 41.6 Å². The third kappa shape index (κ3) is 4.94. The van der Waals surface area contributed by atoms with Gasteiger partial charge in [-0.25, -0.2) is 9.59 Å². The fourth-order valence-electron chi connectivity index (χ4n) is 5.26. The second-order valence-corrected chi connectivity index (χ2v) is 10.1. The minimum atomic E-state index is -1.31. The van der Waals surface area contributed by atoms with Crippen LogP contribution in [0.1, 0.15) is 43.3 Å². The van der Waals surface area contributed by atoms with E-state index >= 15 is 0 Å². The molecule has 1 atom stereocenters. The van der Waals surface area contributed by atoms with E-state index in [1.165, 1.54) is 12.1 Å². The molecule has 4 aromatic carbocycles. The minimum Gasteiger partial charge on any atom is -0.449 e. The molecule has 6 rings (SSSR count). The van der Waals surface area contributed by atoms with E-state index in [0.717, 1.165) is 22.3 Å². The van der Waals surface area contributed by atoms with Crippen LogP contribution in [0.15, 0.2) is 97.1 Å². The maximum atomic E-state index is 13.3. The molecule has 0 aromatic heterocycles. The zero-order chi connectivity index (χ0) is 28.5. The highest BCUT2D eigenvalue weighted by atomic mass is 35.5. The predicted molar refractivity (Wildman–Crippen MR) is 150 cm³/mol. The zero-order valence-electron chi connectivity index (χ0n) is 21.6. The lowest BCUT2D eigenvalue weighted by Crippen LogP contribution is -2.47. The van der Waals surface area contributed by atoms with Crippen LogP contribution in [0.5, 0.6) is 0 Å². The van der Waals surface area contributed by atoms with Gasteiger partial charge in [-0.3, -0.25) is 9.59 Å². The third-order valence-electron chi connectivity index (χ3n) is 7.24. The highest BCUT2D eigenvalue weighted by Gasteiger charge is 2.40. The molecule has 3 amide bonds. The molecule has 0 bridgehead atoms. The highest BCUT2D eigenvalue weighted by molar-refractivity contribution is 6.31. The molecule has 0 radical (unpaired) electrons. The number of halogens is 1. The van der Waals surface area contributed by atoms with E-state index in [-0.39, 0.29) is 30.1 Å². The molecule has 0 saturated heterocycles. The van der Waals surface area contributed by atoms with Crippen LogP contribution in [0.3, 0.4) is 0 Å². The van der Waals surface area contributed by atoms with E-state index in [4.69, 9.17) is 21.2 Å². The standard InChI is InChI=1S/C32H23ClN2O6/c33-27-16-8-1-9-19(27)17-28(31(38)41-35-29(36)24-14-6-7-15-25(24)30(35)37)34-32(39)40-18-26-22-12-4-2-10-20(22)21-11-3-5-13-23(21)26/h1-16,26,28H,17-18H2,(H,34,39). The van der Waals surface area contributed by atoms with Gasteiger partial charge in [-0.1, -0.05) is 95.5 Å². The number of alkyl carbamates (subject to hydrolysis) is 1. The first-order valence-corrected chi connectivity index (χ1v) is 13.3. The molecular weight excluding hydrogens is 544 g/mol. The molecule has 0 saturated carbocycles. The molecule has 1 aliphatic heterocycles. The number of benzene rings is 4. The molecule has 4 aromatic rings. The van der Waals surface area contributed by atoms with E-state index in [9.17, 15) is 19.2 Å². The Labute approximate surface area is 240 Å². The van der Waals surface area contributed by atoms with Crippen LogP contribution in [0.4, 0.5) is 4.79 Å². The van der Waals surface area contributed by atoms with Crippen LogP contribution in [-0.2, 0) is 20.8 Å². The Morgan fingerprint density at radius 1 is 0.756 bits per heavy atom. The average Bonchev–Trinajstić information content (AvgIpc) is 3.44. The Morgan fingerprint density at radius 3 is 1.85 bits per heavy atom. The van der Waals surface area contributed by atoms with E-state index < -0.39 is 29.9 Å². The number of carbonyl (C=O) groups excluding carboxylic acids is 4. The second kappa shape index (κ2) is 10.9. The van der Waals surface area contributed by atoms with Crippen LogP contribution in [0, 0.1) is 0 Å². The van der Waals surface area contributed by atoms with Gasteiger partial charge in [0.15, 0.2) is 0 Å². The molecule has 1 N–H and O–H groups in total. The van der Waals surface area contributed by atoms with Gasteiger partial charge in [0, 0.05) is 17.4 Å². The normalized spacial score (nSPS) is 14.2. The molecule has 1 aliphatic carbocycles. The van der Waals surface area contributed by atoms with E-state index in [1.54, 1.807) is 36.4 Å². The summed E-state index contributed by atoms with van der Waals surface area (Å²) >= 11 is 6.32. The van der Waals surface area contributed by atoms with Crippen molar-refractivity contribution in [3.8, 4) is 11.1 Å². The smallest absolute Gasteiger partial charge is 0.407 e. The van der Waals surface area contributed by atoms with Gasteiger partial charge >= 0.3 is 12.1 Å². The summed E-state index contributed by atoms with van der Waals surface area (Å²) in [6.45, 7) is 0.0339. The van der Waals surface area contributed by atoms with Crippen molar-refractivity contribution in [2.75, 3.05) is 6.61 Å². The summed E-state index contributed by atoms with van der Waals surface area (Å²) in [5, 5.41) is 3.33. The fraction of sp³-hybridized carbons (Fsp3) is 0.125. The number of hydrogen-bond acceptors (Lipinski definition) is 6. The van der Waals surface area contributed by atoms with Crippen molar-refractivity contribution in [2.45, 2.75) is 18.4 Å². The molecule has 41 heavy (non-hydrogen) atoms. The lowest BCUT2D eigenvalue weighted by Gasteiger charge is -2.21. The molecule has 0 fully saturated rings. The summed E-state index contributed by atoms with van der Waals surface area (Å²) in [6, 6.07) is 27.5. The number of amides is 3. The topological polar surface area (TPSA) is 102 Å². The number of imide groups is 1. The molecule has 9 heteroatoms. The Morgan fingerprint density at radius 2 is 1.27 bits per heavy atom. The Hall–Kier alpha value is -4.95. The van der Waals surface area contributed by atoms with Gasteiger partial charge in [0.05, 0.1) is 11.1 Å². The summed E-state index contributed by atoms with van der Waals surface area (Å²) < 4.78 is 5.61. The van der Waals surface area contributed by atoms with E-state index in [2.05, 4.69) is 5.32 Å². The minimum absolute atomic E-state index is 0.0339. The van der Waals surface area contributed by atoms with Crippen LogP contribution in [0.25, 0.3) is 11.1 Å². The number of carbonyl (C=O) groups is 4. The van der Waals surface area contributed by atoms with Crippen LogP contribution < -0.4 is 5.32 Å². The fourth-order valence-corrected chi connectivity index (χ4v) is 5.48. The number of hydroxylamine groups is 2. The lowest BCUT2D eigenvalue weighted by atomic mass is 9.98. The van der Waals surface area contributed by atoms with Crippen molar-refractivity contribution in [3.05, 3.63) is 130 Å². The maximum absolute atomic E-state index is 13.3. The van der Waals surface area contributed by atoms with Gasteiger partial charge < -0.3 is 14.9 Å². The largest absolute Gasteiger partial charge is 0.449 e.